The van der Waals surface area contributed by atoms with E-state index in [0.29, 0.717) is 5.69 Å². The van der Waals surface area contributed by atoms with Gasteiger partial charge in [0.1, 0.15) is 6.10 Å². The van der Waals surface area contributed by atoms with Crippen LogP contribution in [-0.4, -0.2) is 32.2 Å². The Hall–Kier alpha value is -1.73. The first-order valence-corrected chi connectivity index (χ1v) is 4.18. The molecule has 2 atom stereocenters. The molecule has 1 heterocycles. The first-order valence-electron chi connectivity index (χ1n) is 4.18. The number of carbonyl (C=O) groups is 1. The summed E-state index contributed by atoms with van der Waals surface area (Å²) in [6.45, 7) is 1.57. The Morgan fingerprint density at radius 1 is 1.53 bits per heavy atom. The largest absolute Gasteiger partial charge is 0.385 e. The third kappa shape index (κ3) is 2.39. The van der Waals surface area contributed by atoms with E-state index in [0.717, 1.165) is 0 Å². The van der Waals surface area contributed by atoms with Crippen molar-refractivity contribution >= 4 is 11.9 Å². The summed E-state index contributed by atoms with van der Waals surface area (Å²) in [6.07, 6.45) is -1.88. The van der Waals surface area contributed by atoms with Gasteiger partial charge < -0.3 is 21.7 Å². The summed E-state index contributed by atoms with van der Waals surface area (Å²) in [5.41, 5.74) is 10.7. The van der Waals surface area contributed by atoms with E-state index in [1.54, 1.807) is 6.92 Å². The van der Waals surface area contributed by atoms with Crippen molar-refractivity contribution in [2.24, 2.45) is 5.73 Å². The summed E-state index contributed by atoms with van der Waals surface area (Å²) < 4.78 is 0. The third-order valence-corrected chi connectivity index (χ3v) is 1.95. The standard InChI is InChI=1S/C8H12N4O3/c1-3-4(2-11-8(10)12-3)5(13)6(14)7(9)15/h2,5-6,13-14H,1H3,(H2,9,15)(H2,10,11,12). The molecule has 0 aliphatic carbocycles. The molecule has 15 heavy (non-hydrogen) atoms. The summed E-state index contributed by atoms with van der Waals surface area (Å²) in [4.78, 5) is 18.1. The van der Waals surface area contributed by atoms with E-state index in [4.69, 9.17) is 11.5 Å². The second-order valence-electron chi connectivity index (χ2n) is 3.06. The Bertz CT molecular complexity index is 382. The summed E-state index contributed by atoms with van der Waals surface area (Å²) in [7, 11) is 0. The number of aliphatic hydroxyl groups is 2. The number of nitrogen functional groups attached to an aromatic ring is 1. The van der Waals surface area contributed by atoms with Gasteiger partial charge in [0, 0.05) is 17.5 Å². The quantitative estimate of drug-likeness (QED) is 0.469. The van der Waals surface area contributed by atoms with E-state index < -0.39 is 18.1 Å². The van der Waals surface area contributed by atoms with Gasteiger partial charge in [-0.05, 0) is 6.92 Å². The van der Waals surface area contributed by atoms with Gasteiger partial charge >= 0.3 is 0 Å². The van der Waals surface area contributed by atoms with Crippen LogP contribution in [0.5, 0.6) is 0 Å². The Morgan fingerprint density at radius 2 is 2.13 bits per heavy atom. The van der Waals surface area contributed by atoms with E-state index in [1.807, 2.05) is 0 Å². The van der Waals surface area contributed by atoms with Crippen LogP contribution in [0.2, 0.25) is 0 Å². The van der Waals surface area contributed by atoms with Crippen molar-refractivity contribution in [1.82, 2.24) is 9.97 Å². The zero-order valence-corrected chi connectivity index (χ0v) is 8.08. The van der Waals surface area contributed by atoms with Crippen LogP contribution in [-0.2, 0) is 4.79 Å². The van der Waals surface area contributed by atoms with Gasteiger partial charge in [-0.15, -0.1) is 0 Å². The van der Waals surface area contributed by atoms with Crippen molar-refractivity contribution < 1.29 is 15.0 Å². The van der Waals surface area contributed by atoms with Crippen LogP contribution in [0.1, 0.15) is 17.4 Å². The van der Waals surface area contributed by atoms with Crippen LogP contribution in [0, 0.1) is 6.92 Å². The molecule has 7 nitrogen and oxygen atoms in total. The van der Waals surface area contributed by atoms with Gasteiger partial charge in [-0.2, -0.15) is 0 Å². The molecule has 1 amide bonds. The zero-order chi connectivity index (χ0) is 11.6. The fourth-order valence-corrected chi connectivity index (χ4v) is 1.11. The van der Waals surface area contributed by atoms with Crippen LogP contribution in [0.4, 0.5) is 5.95 Å². The van der Waals surface area contributed by atoms with Crippen LogP contribution < -0.4 is 11.5 Å². The average molecular weight is 212 g/mol. The monoisotopic (exact) mass is 212 g/mol. The molecule has 0 spiro atoms. The van der Waals surface area contributed by atoms with Crippen molar-refractivity contribution in [3.63, 3.8) is 0 Å². The number of nitrogens with two attached hydrogens (primary N) is 2. The highest BCUT2D eigenvalue weighted by Crippen LogP contribution is 2.18. The molecule has 0 fully saturated rings. The Kier molecular flexibility index (Phi) is 3.17. The predicted octanol–water partition coefficient (Wildman–Crippen LogP) is -1.75. The fourth-order valence-electron chi connectivity index (χ4n) is 1.11. The van der Waals surface area contributed by atoms with Crippen molar-refractivity contribution in [2.75, 3.05) is 5.73 Å². The van der Waals surface area contributed by atoms with E-state index in [9.17, 15) is 15.0 Å². The molecule has 0 saturated carbocycles. The Morgan fingerprint density at radius 3 is 2.60 bits per heavy atom. The molecule has 0 aliphatic heterocycles. The maximum Gasteiger partial charge on any atom is 0.249 e. The molecular formula is C8H12N4O3. The minimum Gasteiger partial charge on any atom is -0.385 e. The molecule has 6 N–H and O–H groups in total. The highest BCUT2D eigenvalue weighted by molar-refractivity contribution is 5.79. The summed E-state index contributed by atoms with van der Waals surface area (Å²) in [5, 5.41) is 18.8. The van der Waals surface area contributed by atoms with Crippen LogP contribution in [0.25, 0.3) is 0 Å². The van der Waals surface area contributed by atoms with Crippen LogP contribution >= 0.6 is 0 Å². The van der Waals surface area contributed by atoms with Crippen LogP contribution in [0.15, 0.2) is 6.20 Å². The number of rotatable bonds is 3. The molecule has 0 bridgehead atoms. The third-order valence-electron chi connectivity index (χ3n) is 1.95. The van der Waals surface area contributed by atoms with Crippen LogP contribution in [0.3, 0.4) is 0 Å². The number of primary amides is 1. The Labute approximate surface area is 85.8 Å². The van der Waals surface area contributed by atoms with Gasteiger partial charge in [0.2, 0.25) is 11.9 Å². The number of hydrogen-bond donors (Lipinski definition) is 4. The molecule has 0 radical (unpaired) electrons. The number of aromatic nitrogens is 2. The maximum absolute atomic E-state index is 10.6. The van der Waals surface area contributed by atoms with Gasteiger partial charge in [-0.25, -0.2) is 9.97 Å². The van der Waals surface area contributed by atoms with Crippen molar-refractivity contribution in [3.05, 3.63) is 17.5 Å². The van der Waals surface area contributed by atoms with Gasteiger partial charge in [0.05, 0.1) is 0 Å². The zero-order valence-electron chi connectivity index (χ0n) is 8.08. The molecule has 7 heteroatoms. The number of aryl methyl sites for hydroxylation is 1. The second-order valence-corrected chi connectivity index (χ2v) is 3.06. The summed E-state index contributed by atoms with van der Waals surface area (Å²) >= 11 is 0. The second kappa shape index (κ2) is 4.20. The lowest BCUT2D eigenvalue weighted by molar-refractivity contribution is -0.132. The molecule has 0 aliphatic rings. The minimum absolute atomic E-state index is 0.0528. The summed E-state index contributed by atoms with van der Waals surface area (Å²) in [5.74, 6) is -0.962. The molecule has 1 aromatic heterocycles. The first-order chi connectivity index (χ1) is 6.93. The number of anilines is 1. The van der Waals surface area contributed by atoms with Gasteiger partial charge in [0.15, 0.2) is 6.10 Å². The van der Waals surface area contributed by atoms with Gasteiger partial charge in [0.25, 0.3) is 0 Å². The first kappa shape index (κ1) is 11.3. The van der Waals surface area contributed by atoms with Gasteiger partial charge in [-0.3, -0.25) is 4.79 Å². The van der Waals surface area contributed by atoms with E-state index in [1.165, 1.54) is 6.20 Å². The van der Waals surface area contributed by atoms with E-state index in [-0.39, 0.29) is 11.5 Å². The lowest BCUT2D eigenvalue weighted by Gasteiger charge is -2.16. The molecule has 82 valence electrons. The highest BCUT2D eigenvalue weighted by Gasteiger charge is 2.25. The number of aliphatic hydroxyl groups excluding tert-OH is 2. The molecule has 1 aromatic rings. The molecule has 2 unspecified atom stereocenters. The van der Waals surface area contributed by atoms with Gasteiger partial charge in [-0.1, -0.05) is 0 Å². The normalized spacial score (nSPS) is 14.6. The fraction of sp³-hybridized carbons (Fsp3) is 0.375. The smallest absolute Gasteiger partial charge is 0.249 e. The lowest BCUT2D eigenvalue weighted by Crippen LogP contribution is -2.34. The number of hydrogen-bond acceptors (Lipinski definition) is 6. The topological polar surface area (TPSA) is 135 Å². The lowest BCUT2D eigenvalue weighted by atomic mass is 10.0. The highest BCUT2D eigenvalue weighted by atomic mass is 16.3. The predicted molar refractivity (Wildman–Crippen MR) is 51.3 cm³/mol. The average Bonchev–Trinajstić information content (AvgIpc) is 2.15. The van der Waals surface area contributed by atoms with Crippen molar-refractivity contribution in [3.8, 4) is 0 Å². The van der Waals surface area contributed by atoms with Crippen molar-refractivity contribution in [1.29, 1.82) is 0 Å². The maximum atomic E-state index is 10.6. The van der Waals surface area contributed by atoms with E-state index >= 15 is 0 Å². The molecule has 1 rings (SSSR count). The summed E-state index contributed by atoms with van der Waals surface area (Å²) in [6, 6.07) is 0. The molecular weight excluding hydrogens is 200 g/mol. The molecule has 0 saturated heterocycles. The molecule has 0 aromatic carbocycles. The SMILES string of the molecule is Cc1nc(N)ncc1C(O)C(O)C(N)=O. The number of amides is 1. The Balaban J connectivity index is 3.01. The minimum atomic E-state index is -1.68. The van der Waals surface area contributed by atoms with E-state index in [2.05, 4.69) is 9.97 Å². The number of nitrogens with zero attached hydrogens (tertiary/aromatic N) is 2. The van der Waals surface area contributed by atoms with Crippen molar-refractivity contribution in [2.45, 2.75) is 19.1 Å². The number of carbonyl (C=O) groups excluding carboxylic acids is 1.